The number of H-pyrrole nitrogens is 1. The van der Waals surface area contributed by atoms with Crippen LogP contribution in [0.4, 0.5) is 10.1 Å². The zero-order valence-corrected chi connectivity index (χ0v) is 10.9. The van der Waals surface area contributed by atoms with Crippen LogP contribution in [-0.4, -0.2) is 48.3 Å². The van der Waals surface area contributed by atoms with Gasteiger partial charge in [-0.2, -0.15) is 5.10 Å². The van der Waals surface area contributed by atoms with Gasteiger partial charge in [-0.3, -0.25) is 5.10 Å². The van der Waals surface area contributed by atoms with E-state index in [0.717, 1.165) is 37.4 Å². The smallest absolute Gasteiger partial charge is 0.147 e. The molecule has 0 atom stereocenters. The Hall–Kier alpha value is -1.88. The number of aromatic amines is 1. The fraction of sp³-hybridized carbons (Fsp3) is 0.357. The zero-order chi connectivity index (χ0) is 13.2. The van der Waals surface area contributed by atoms with Gasteiger partial charge in [-0.05, 0) is 25.2 Å². The molecule has 0 amide bonds. The molecule has 0 unspecified atom stereocenters. The van der Waals surface area contributed by atoms with E-state index >= 15 is 0 Å². The quantitative estimate of drug-likeness (QED) is 0.896. The summed E-state index contributed by atoms with van der Waals surface area (Å²) in [6.45, 7) is 3.69. The third-order valence-electron chi connectivity index (χ3n) is 3.60. The molecular formula is C14H17FN4. The molecular weight excluding hydrogens is 243 g/mol. The number of nitrogens with one attached hydrogen (secondary N) is 1. The number of aromatic nitrogens is 2. The topological polar surface area (TPSA) is 35.2 Å². The van der Waals surface area contributed by atoms with Gasteiger partial charge in [0.05, 0.1) is 11.4 Å². The van der Waals surface area contributed by atoms with Crippen LogP contribution < -0.4 is 4.90 Å². The second kappa shape index (κ2) is 5.01. The molecule has 100 valence electrons. The van der Waals surface area contributed by atoms with Gasteiger partial charge in [-0.25, -0.2) is 4.39 Å². The van der Waals surface area contributed by atoms with Crippen LogP contribution in [-0.2, 0) is 0 Å². The number of anilines is 1. The molecule has 19 heavy (non-hydrogen) atoms. The maximum atomic E-state index is 14.2. The van der Waals surface area contributed by atoms with E-state index in [2.05, 4.69) is 27.0 Å². The molecule has 0 aliphatic carbocycles. The van der Waals surface area contributed by atoms with Gasteiger partial charge in [0.2, 0.25) is 0 Å². The summed E-state index contributed by atoms with van der Waals surface area (Å²) >= 11 is 0. The number of hydrogen-bond donors (Lipinski definition) is 1. The number of nitrogens with zero attached hydrogens (tertiary/aromatic N) is 3. The van der Waals surface area contributed by atoms with Gasteiger partial charge in [-0.15, -0.1) is 0 Å². The van der Waals surface area contributed by atoms with E-state index < -0.39 is 0 Å². The van der Waals surface area contributed by atoms with E-state index in [1.807, 2.05) is 18.2 Å². The fourth-order valence-corrected chi connectivity index (χ4v) is 2.39. The maximum absolute atomic E-state index is 14.2. The lowest BCUT2D eigenvalue weighted by atomic mass is 10.1. The van der Waals surface area contributed by atoms with Gasteiger partial charge < -0.3 is 9.80 Å². The standard InChI is InChI=1S/C14H17FN4/c1-18-6-8-19(9-7-18)14-3-2-11(10-12(14)15)13-4-5-16-17-13/h2-5,10H,6-9H2,1H3,(H,16,17). The van der Waals surface area contributed by atoms with Crippen molar-refractivity contribution in [2.24, 2.45) is 0 Å². The van der Waals surface area contributed by atoms with Crippen molar-refractivity contribution >= 4 is 5.69 Å². The van der Waals surface area contributed by atoms with Gasteiger partial charge in [0.15, 0.2) is 0 Å². The molecule has 1 saturated heterocycles. The summed E-state index contributed by atoms with van der Waals surface area (Å²) in [7, 11) is 2.09. The molecule has 1 aromatic carbocycles. The summed E-state index contributed by atoms with van der Waals surface area (Å²) < 4.78 is 14.2. The molecule has 1 N–H and O–H groups in total. The van der Waals surface area contributed by atoms with Crippen LogP contribution in [0.5, 0.6) is 0 Å². The number of hydrogen-bond acceptors (Lipinski definition) is 3. The Labute approximate surface area is 111 Å². The molecule has 5 heteroatoms. The van der Waals surface area contributed by atoms with Crippen LogP contribution >= 0.6 is 0 Å². The number of likely N-dealkylation sites (N-methyl/N-ethyl adjacent to an activating group) is 1. The molecule has 0 spiro atoms. The molecule has 2 heterocycles. The molecule has 0 saturated carbocycles. The summed E-state index contributed by atoms with van der Waals surface area (Å²) in [5.74, 6) is -0.170. The maximum Gasteiger partial charge on any atom is 0.147 e. The van der Waals surface area contributed by atoms with Crippen LogP contribution in [0.2, 0.25) is 0 Å². The van der Waals surface area contributed by atoms with Gasteiger partial charge >= 0.3 is 0 Å². The van der Waals surface area contributed by atoms with Crippen LogP contribution in [0.15, 0.2) is 30.5 Å². The van der Waals surface area contributed by atoms with Gasteiger partial charge in [0.25, 0.3) is 0 Å². The van der Waals surface area contributed by atoms with Gasteiger partial charge in [-0.1, -0.05) is 6.07 Å². The van der Waals surface area contributed by atoms with Crippen LogP contribution in [0.1, 0.15) is 0 Å². The Morgan fingerprint density at radius 2 is 1.95 bits per heavy atom. The van der Waals surface area contributed by atoms with Crippen molar-refractivity contribution in [3.8, 4) is 11.3 Å². The van der Waals surface area contributed by atoms with Crippen molar-refractivity contribution in [2.45, 2.75) is 0 Å². The number of piperazine rings is 1. The third-order valence-corrected chi connectivity index (χ3v) is 3.60. The highest BCUT2D eigenvalue weighted by molar-refractivity contribution is 5.63. The molecule has 4 nitrogen and oxygen atoms in total. The normalized spacial score (nSPS) is 16.8. The molecule has 1 aliphatic heterocycles. The fourth-order valence-electron chi connectivity index (χ4n) is 2.39. The minimum absolute atomic E-state index is 0.170. The van der Waals surface area contributed by atoms with Crippen LogP contribution in [0, 0.1) is 5.82 Å². The summed E-state index contributed by atoms with van der Waals surface area (Å²) in [6, 6.07) is 7.20. The predicted octanol–water partition coefficient (Wildman–Crippen LogP) is 1.97. The Morgan fingerprint density at radius 1 is 1.16 bits per heavy atom. The molecule has 2 aromatic rings. The highest BCUT2D eigenvalue weighted by Crippen LogP contribution is 2.26. The van der Waals surface area contributed by atoms with E-state index in [9.17, 15) is 4.39 Å². The minimum Gasteiger partial charge on any atom is -0.367 e. The molecule has 0 radical (unpaired) electrons. The van der Waals surface area contributed by atoms with Crippen molar-refractivity contribution < 1.29 is 4.39 Å². The SMILES string of the molecule is CN1CCN(c2ccc(-c3ccn[nH]3)cc2F)CC1. The summed E-state index contributed by atoms with van der Waals surface area (Å²) in [4.78, 5) is 4.36. The van der Waals surface area contributed by atoms with Crippen molar-refractivity contribution in [3.05, 3.63) is 36.3 Å². The monoisotopic (exact) mass is 260 g/mol. The van der Waals surface area contributed by atoms with E-state index in [4.69, 9.17) is 0 Å². The van der Waals surface area contributed by atoms with Crippen LogP contribution in [0.3, 0.4) is 0 Å². The lowest BCUT2D eigenvalue weighted by molar-refractivity contribution is 0.311. The van der Waals surface area contributed by atoms with Crippen LogP contribution in [0.25, 0.3) is 11.3 Å². The lowest BCUT2D eigenvalue weighted by Gasteiger charge is -2.34. The van der Waals surface area contributed by atoms with E-state index in [1.165, 1.54) is 0 Å². The van der Waals surface area contributed by atoms with E-state index in [0.29, 0.717) is 5.69 Å². The number of rotatable bonds is 2. The van der Waals surface area contributed by atoms with Gasteiger partial charge in [0.1, 0.15) is 5.82 Å². The average Bonchev–Trinajstić information content (AvgIpc) is 2.94. The van der Waals surface area contributed by atoms with Crippen molar-refractivity contribution in [1.29, 1.82) is 0 Å². The first-order valence-corrected chi connectivity index (χ1v) is 6.47. The van der Waals surface area contributed by atoms with E-state index in [1.54, 1.807) is 12.3 Å². The predicted molar refractivity (Wildman–Crippen MR) is 73.7 cm³/mol. The molecule has 1 aromatic heterocycles. The zero-order valence-electron chi connectivity index (χ0n) is 10.9. The summed E-state index contributed by atoms with van der Waals surface area (Å²) in [5, 5.41) is 6.73. The third kappa shape index (κ3) is 2.46. The first-order chi connectivity index (χ1) is 9.24. The highest BCUT2D eigenvalue weighted by Gasteiger charge is 2.17. The minimum atomic E-state index is -0.170. The second-order valence-electron chi connectivity index (χ2n) is 4.93. The Balaban J connectivity index is 1.84. The number of halogens is 1. The first kappa shape index (κ1) is 12.2. The number of benzene rings is 1. The van der Waals surface area contributed by atoms with Crippen molar-refractivity contribution in [3.63, 3.8) is 0 Å². The van der Waals surface area contributed by atoms with Crippen molar-refractivity contribution in [1.82, 2.24) is 15.1 Å². The Kier molecular flexibility index (Phi) is 3.21. The highest BCUT2D eigenvalue weighted by atomic mass is 19.1. The largest absolute Gasteiger partial charge is 0.367 e. The lowest BCUT2D eigenvalue weighted by Crippen LogP contribution is -2.44. The van der Waals surface area contributed by atoms with Crippen molar-refractivity contribution in [2.75, 3.05) is 38.1 Å². The van der Waals surface area contributed by atoms with E-state index in [-0.39, 0.29) is 5.82 Å². The summed E-state index contributed by atoms with van der Waals surface area (Å²) in [6.07, 6.45) is 1.67. The molecule has 1 fully saturated rings. The van der Waals surface area contributed by atoms with Gasteiger partial charge in [0, 0.05) is 37.9 Å². The molecule has 0 bridgehead atoms. The average molecular weight is 260 g/mol. The Morgan fingerprint density at radius 3 is 2.58 bits per heavy atom. The summed E-state index contributed by atoms with van der Waals surface area (Å²) in [5.41, 5.74) is 2.35. The first-order valence-electron chi connectivity index (χ1n) is 6.47. The second-order valence-corrected chi connectivity index (χ2v) is 4.93. The Bertz CT molecular complexity index is 545. The molecule has 3 rings (SSSR count). The molecule has 1 aliphatic rings.